The lowest BCUT2D eigenvalue weighted by Gasteiger charge is -2.35. The van der Waals surface area contributed by atoms with Gasteiger partial charge in [0.2, 0.25) is 0 Å². The average Bonchev–Trinajstić information content (AvgIpc) is 3.36. The second-order valence-electron chi connectivity index (χ2n) is 8.08. The van der Waals surface area contributed by atoms with Crippen LogP contribution in [0.4, 0.5) is 0 Å². The van der Waals surface area contributed by atoms with Crippen LogP contribution in [-0.2, 0) is 11.2 Å². The van der Waals surface area contributed by atoms with Gasteiger partial charge in [-0.1, -0.05) is 25.9 Å². The maximum atomic E-state index is 10.8. The molecule has 0 aliphatic heterocycles. The lowest BCUT2D eigenvalue weighted by molar-refractivity contribution is -0.136. The minimum atomic E-state index is -0.762. The van der Waals surface area contributed by atoms with Gasteiger partial charge < -0.3 is 20.2 Å². The summed E-state index contributed by atoms with van der Waals surface area (Å²) >= 11 is 0. The topological polar surface area (TPSA) is 119 Å². The highest BCUT2D eigenvalue weighted by Crippen LogP contribution is 2.51. The number of hydrogen-bond acceptors (Lipinski definition) is 6. The van der Waals surface area contributed by atoms with Gasteiger partial charge in [0, 0.05) is 24.9 Å². The molecule has 7 nitrogen and oxygen atoms in total. The molecule has 0 amide bonds. The Hall–Kier alpha value is -1.73. The summed E-state index contributed by atoms with van der Waals surface area (Å²) in [5.74, 6) is 3.02. The van der Waals surface area contributed by atoms with Crippen LogP contribution in [0.1, 0.15) is 94.6 Å². The second kappa shape index (κ2) is 12.7. The first-order valence-electron chi connectivity index (χ1n) is 10.4. The molecule has 2 aliphatic rings. The molecule has 3 rings (SSSR count). The average molecular weight is 396 g/mol. The molecule has 0 unspecified atom stereocenters. The Morgan fingerprint density at radius 3 is 2.36 bits per heavy atom. The van der Waals surface area contributed by atoms with Crippen molar-refractivity contribution < 1.29 is 19.6 Å². The molecule has 0 spiro atoms. The quantitative estimate of drug-likeness (QED) is 0.372. The van der Waals surface area contributed by atoms with E-state index in [1.54, 1.807) is 5.48 Å². The van der Waals surface area contributed by atoms with E-state index >= 15 is 0 Å². The Bertz CT molecular complexity index is 590. The smallest absolute Gasteiger partial charge is 0.303 e. The van der Waals surface area contributed by atoms with E-state index in [-0.39, 0.29) is 6.42 Å². The van der Waals surface area contributed by atoms with Gasteiger partial charge in [-0.25, -0.2) is 5.48 Å². The highest BCUT2D eigenvalue weighted by Gasteiger charge is 2.40. The van der Waals surface area contributed by atoms with Crippen molar-refractivity contribution >= 4 is 12.2 Å². The maximum Gasteiger partial charge on any atom is 0.303 e. The minimum absolute atomic E-state index is 0.145. The number of hydroxylamine groups is 1. The molecule has 0 radical (unpaired) electrons. The predicted molar refractivity (Wildman–Crippen MR) is 109 cm³/mol. The van der Waals surface area contributed by atoms with Gasteiger partial charge in [-0.3, -0.25) is 4.79 Å². The summed E-state index contributed by atoms with van der Waals surface area (Å²) in [7, 11) is 1.43. The Balaban J connectivity index is 0.000000489. The van der Waals surface area contributed by atoms with Gasteiger partial charge in [-0.2, -0.15) is 0 Å². The number of aryl methyl sites for hydroxylation is 1. The summed E-state index contributed by atoms with van der Waals surface area (Å²) in [6.45, 7) is 6.50. The van der Waals surface area contributed by atoms with Crippen LogP contribution in [0.15, 0.2) is 4.52 Å². The van der Waals surface area contributed by atoms with Crippen LogP contribution >= 0.6 is 0 Å². The highest BCUT2D eigenvalue weighted by molar-refractivity contribution is 5.67. The van der Waals surface area contributed by atoms with E-state index in [4.69, 9.17) is 20.2 Å². The fraction of sp³-hybridized carbons (Fsp3) is 0.762. The first-order chi connectivity index (χ1) is 13.4. The van der Waals surface area contributed by atoms with Crippen LogP contribution in [0.3, 0.4) is 0 Å². The van der Waals surface area contributed by atoms with Gasteiger partial charge in [-0.05, 0) is 62.5 Å². The molecule has 0 bridgehead atoms. The van der Waals surface area contributed by atoms with Gasteiger partial charge in [0.05, 0.1) is 12.1 Å². The van der Waals surface area contributed by atoms with Crippen molar-refractivity contribution in [2.45, 2.75) is 84.0 Å². The lowest BCUT2D eigenvalue weighted by atomic mass is 9.69. The Morgan fingerprint density at radius 1 is 1.36 bits per heavy atom. The summed E-state index contributed by atoms with van der Waals surface area (Å²) < 4.78 is 5.64. The van der Waals surface area contributed by atoms with Crippen LogP contribution in [0, 0.1) is 17.2 Å². The molecular weight excluding hydrogens is 358 g/mol. The third-order valence-electron chi connectivity index (χ3n) is 5.01. The van der Waals surface area contributed by atoms with Gasteiger partial charge in [-0.15, -0.1) is 0 Å². The number of hydrogen-bond donors (Lipinski definition) is 4. The van der Waals surface area contributed by atoms with Gasteiger partial charge in [0.25, 0.3) is 0 Å². The molecule has 1 aromatic rings. The van der Waals surface area contributed by atoms with Crippen molar-refractivity contribution in [3.8, 4) is 0 Å². The fourth-order valence-electron chi connectivity index (χ4n) is 3.66. The summed E-state index contributed by atoms with van der Waals surface area (Å²) in [6.07, 6.45) is 9.03. The number of carbonyl (C=O) groups is 1. The predicted octanol–water partition coefficient (Wildman–Crippen LogP) is 4.75. The molecular formula is C21H37N3O4. The normalized spacial score (nSPS) is 20.4. The molecule has 2 fully saturated rings. The Labute approximate surface area is 168 Å². The zero-order chi connectivity index (χ0) is 21.1. The Morgan fingerprint density at radius 2 is 1.93 bits per heavy atom. The maximum absolute atomic E-state index is 10.8. The third-order valence-corrected chi connectivity index (χ3v) is 5.01. The number of rotatable bonds is 8. The van der Waals surface area contributed by atoms with Crippen molar-refractivity contribution in [3.63, 3.8) is 0 Å². The van der Waals surface area contributed by atoms with E-state index < -0.39 is 5.97 Å². The molecule has 0 saturated heterocycles. The number of nitrogens with one attached hydrogen (secondary N) is 2. The summed E-state index contributed by atoms with van der Waals surface area (Å²) in [5.41, 5.74) is 3.92. The summed E-state index contributed by atoms with van der Waals surface area (Å²) in [4.78, 5) is 10.8. The first-order valence-corrected chi connectivity index (χ1v) is 10.4. The van der Waals surface area contributed by atoms with Crippen molar-refractivity contribution in [2.75, 3.05) is 7.05 Å². The minimum Gasteiger partial charge on any atom is -0.481 e. The van der Waals surface area contributed by atoms with Crippen LogP contribution in [-0.4, -0.2) is 34.7 Å². The SMILES string of the molecule is CC(C)CC1CC(c2onc(CCC(=O)O)c2C2CC2)C1.CCC=N.CNO. The van der Waals surface area contributed by atoms with Crippen LogP contribution < -0.4 is 5.48 Å². The lowest BCUT2D eigenvalue weighted by Crippen LogP contribution is -2.23. The van der Waals surface area contributed by atoms with E-state index in [0.29, 0.717) is 18.3 Å². The van der Waals surface area contributed by atoms with Crippen LogP contribution in [0.5, 0.6) is 0 Å². The molecule has 1 heterocycles. The van der Waals surface area contributed by atoms with Gasteiger partial charge in [0.15, 0.2) is 0 Å². The van der Waals surface area contributed by atoms with Gasteiger partial charge in [0.1, 0.15) is 5.76 Å². The molecule has 2 saturated carbocycles. The van der Waals surface area contributed by atoms with E-state index in [1.165, 1.54) is 50.9 Å². The molecule has 0 atom stereocenters. The van der Waals surface area contributed by atoms with Crippen molar-refractivity contribution in [2.24, 2.45) is 11.8 Å². The van der Waals surface area contributed by atoms with E-state index in [1.807, 2.05) is 6.92 Å². The molecule has 160 valence electrons. The van der Waals surface area contributed by atoms with E-state index in [9.17, 15) is 4.79 Å². The second-order valence-corrected chi connectivity index (χ2v) is 8.08. The van der Waals surface area contributed by atoms with Crippen LogP contribution in [0.2, 0.25) is 0 Å². The number of carboxylic acids is 1. The standard InChI is InChI=1S/C17H25NO3.C3H7N.CH5NO/c1-10(2)7-11-8-13(9-11)17-16(12-3-4-12)14(18-21-17)5-6-15(19)20;1-2-3-4;1-2-3/h10-13H,3-9H2,1-2H3,(H,19,20);3-4H,2H2,1H3;2-3H,1H3. The fourth-order valence-corrected chi connectivity index (χ4v) is 3.66. The highest BCUT2D eigenvalue weighted by atomic mass is 16.5. The van der Waals surface area contributed by atoms with E-state index in [0.717, 1.165) is 29.7 Å². The molecule has 1 aromatic heterocycles. The van der Waals surface area contributed by atoms with Gasteiger partial charge >= 0.3 is 5.97 Å². The van der Waals surface area contributed by atoms with Crippen molar-refractivity contribution in [3.05, 3.63) is 17.0 Å². The Kier molecular flexibility index (Phi) is 11.0. The number of aromatic nitrogens is 1. The summed E-state index contributed by atoms with van der Waals surface area (Å²) in [6, 6.07) is 0. The zero-order valence-electron chi connectivity index (χ0n) is 17.7. The summed E-state index contributed by atoms with van der Waals surface area (Å²) in [5, 5.41) is 26.7. The van der Waals surface area contributed by atoms with Crippen molar-refractivity contribution in [1.82, 2.24) is 10.6 Å². The number of carboxylic acid groups (broad SMARTS) is 1. The molecule has 0 aromatic carbocycles. The van der Waals surface area contributed by atoms with Crippen LogP contribution in [0.25, 0.3) is 0 Å². The molecule has 4 N–H and O–H groups in total. The number of aliphatic carboxylic acids is 1. The molecule has 2 aliphatic carbocycles. The third kappa shape index (κ3) is 8.10. The first kappa shape index (κ1) is 24.3. The molecule has 7 heteroatoms. The molecule has 28 heavy (non-hydrogen) atoms. The number of nitrogens with zero attached hydrogens (tertiary/aromatic N) is 1. The van der Waals surface area contributed by atoms with E-state index in [2.05, 4.69) is 19.0 Å². The largest absolute Gasteiger partial charge is 0.481 e. The monoisotopic (exact) mass is 395 g/mol. The van der Waals surface area contributed by atoms with Crippen molar-refractivity contribution in [1.29, 1.82) is 5.41 Å². The zero-order valence-corrected chi connectivity index (χ0v) is 17.7.